The predicted molar refractivity (Wildman–Crippen MR) is 125 cm³/mol. The summed E-state index contributed by atoms with van der Waals surface area (Å²) in [5, 5.41) is 3.56. The quantitative estimate of drug-likeness (QED) is 0.691. The number of hydrogen-bond acceptors (Lipinski definition) is 5. The van der Waals surface area contributed by atoms with Crippen LogP contribution < -0.4 is 10.1 Å². The van der Waals surface area contributed by atoms with Crippen LogP contribution in [0.1, 0.15) is 53.9 Å². The number of fused-ring (bicyclic) bond motifs is 1. The molecule has 2 fully saturated rings. The van der Waals surface area contributed by atoms with Crippen molar-refractivity contribution >= 4 is 28.6 Å². The van der Waals surface area contributed by atoms with Crippen molar-refractivity contribution in [2.75, 3.05) is 31.6 Å². The highest BCUT2D eigenvalue weighted by Crippen LogP contribution is 2.52. The van der Waals surface area contributed by atoms with Gasteiger partial charge in [0.2, 0.25) is 5.91 Å². The van der Waals surface area contributed by atoms with Crippen molar-refractivity contribution in [3.05, 3.63) is 24.4 Å². The van der Waals surface area contributed by atoms with Crippen LogP contribution in [0.3, 0.4) is 0 Å². The summed E-state index contributed by atoms with van der Waals surface area (Å²) in [6, 6.07) is 5.59. The van der Waals surface area contributed by atoms with Gasteiger partial charge >= 0.3 is 6.09 Å². The number of carbonyl (C=O) groups excluding carboxylic acids is 2. The molecule has 0 atom stereocenters. The van der Waals surface area contributed by atoms with Crippen molar-refractivity contribution in [2.45, 2.75) is 59.5 Å². The highest BCUT2D eigenvalue weighted by Gasteiger charge is 2.51. The SMILES string of the molecule is CCN1CC2(CC(CCOc3ccc4c(c3)c(NC(C)=O)cn4C(=O)OC(C)(C)C)C2)C1. The maximum Gasteiger partial charge on any atom is 0.419 e. The first-order valence-electron chi connectivity index (χ1n) is 11.6. The molecule has 4 rings (SSSR count). The second-order valence-electron chi connectivity index (χ2n) is 10.5. The summed E-state index contributed by atoms with van der Waals surface area (Å²) in [4.78, 5) is 26.9. The first-order valence-corrected chi connectivity index (χ1v) is 11.6. The van der Waals surface area contributed by atoms with Gasteiger partial charge in [0.25, 0.3) is 0 Å². The standard InChI is InChI=1S/C25H35N3O4/c1-6-27-15-25(16-27)12-18(13-25)9-10-31-19-7-8-22-20(11-19)21(26-17(2)29)14-28(22)23(30)32-24(3,4)5/h7-8,11,14,18H,6,9-10,12-13,15-16H2,1-5H3,(H,26,29). The van der Waals surface area contributed by atoms with E-state index in [0.717, 1.165) is 30.0 Å². The zero-order valence-electron chi connectivity index (χ0n) is 19.9. The smallest absolute Gasteiger partial charge is 0.419 e. The second kappa shape index (κ2) is 8.43. The molecule has 7 heteroatoms. The lowest BCUT2D eigenvalue weighted by molar-refractivity contribution is -0.114. The van der Waals surface area contributed by atoms with E-state index in [2.05, 4.69) is 17.1 Å². The average Bonchev–Trinajstić information content (AvgIpc) is 2.98. The van der Waals surface area contributed by atoms with Crippen molar-refractivity contribution in [2.24, 2.45) is 11.3 Å². The Kier molecular flexibility index (Phi) is 5.96. The number of likely N-dealkylation sites (tertiary alicyclic amines) is 1. The van der Waals surface area contributed by atoms with Crippen molar-refractivity contribution in [3.63, 3.8) is 0 Å². The van der Waals surface area contributed by atoms with E-state index in [1.54, 1.807) is 6.20 Å². The third-order valence-corrected chi connectivity index (χ3v) is 6.48. The van der Waals surface area contributed by atoms with E-state index >= 15 is 0 Å². The van der Waals surface area contributed by atoms with E-state index in [4.69, 9.17) is 9.47 Å². The first-order chi connectivity index (χ1) is 15.1. The first kappa shape index (κ1) is 22.6. The van der Waals surface area contributed by atoms with Crippen LogP contribution in [0.2, 0.25) is 0 Å². The monoisotopic (exact) mass is 441 g/mol. The molecule has 1 spiro atoms. The minimum Gasteiger partial charge on any atom is -0.494 e. The van der Waals surface area contributed by atoms with Gasteiger partial charge < -0.3 is 19.7 Å². The molecule has 174 valence electrons. The molecule has 1 saturated carbocycles. The number of anilines is 1. The molecule has 32 heavy (non-hydrogen) atoms. The molecule has 1 N–H and O–H groups in total. The van der Waals surface area contributed by atoms with Crippen LogP contribution >= 0.6 is 0 Å². The van der Waals surface area contributed by atoms with E-state index in [9.17, 15) is 9.59 Å². The van der Waals surface area contributed by atoms with Crippen molar-refractivity contribution in [3.8, 4) is 5.75 Å². The van der Waals surface area contributed by atoms with Crippen LogP contribution in [0.5, 0.6) is 5.75 Å². The largest absolute Gasteiger partial charge is 0.494 e. The number of nitrogens with one attached hydrogen (secondary N) is 1. The van der Waals surface area contributed by atoms with Crippen LogP contribution in [0.4, 0.5) is 10.5 Å². The molecule has 0 unspecified atom stereocenters. The fraction of sp³-hybridized carbons (Fsp3) is 0.600. The third-order valence-electron chi connectivity index (χ3n) is 6.48. The number of hydrogen-bond donors (Lipinski definition) is 1. The number of amides is 1. The molecule has 7 nitrogen and oxygen atoms in total. The van der Waals surface area contributed by atoms with Gasteiger partial charge in [0.1, 0.15) is 11.4 Å². The Balaban J connectivity index is 1.41. The third kappa shape index (κ3) is 4.77. The Hall–Kier alpha value is -2.54. The molecular weight excluding hydrogens is 406 g/mol. The van der Waals surface area contributed by atoms with E-state index in [1.165, 1.54) is 37.4 Å². The Morgan fingerprint density at radius 3 is 2.56 bits per heavy atom. The van der Waals surface area contributed by atoms with Crippen LogP contribution in [0.25, 0.3) is 10.9 Å². The lowest BCUT2D eigenvalue weighted by atomic mass is 9.57. The maximum absolute atomic E-state index is 12.7. The summed E-state index contributed by atoms with van der Waals surface area (Å²) in [6.45, 7) is 13.5. The normalized spacial score (nSPS) is 18.3. The van der Waals surface area contributed by atoms with E-state index in [-0.39, 0.29) is 5.91 Å². The molecule has 1 amide bonds. The lowest BCUT2D eigenvalue weighted by Crippen LogP contribution is -2.62. The maximum atomic E-state index is 12.7. The zero-order chi connectivity index (χ0) is 23.1. The fourth-order valence-electron chi connectivity index (χ4n) is 5.15. The summed E-state index contributed by atoms with van der Waals surface area (Å²) in [5.74, 6) is 1.29. The minimum absolute atomic E-state index is 0.198. The van der Waals surface area contributed by atoms with Gasteiger partial charge in [-0.05, 0) is 76.1 Å². The van der Waals surface area contributed by atoms with Crippen molar-refractivity contribution < 1.29 is 19.1 Å². The van der Waals surface area contributed by atoms with Crippen molar-refractivity contribution in [1.82, 2.24) is 9.47 Å². The number of benzene rings is 1. The topological polar surface area (TPSA) is 72.8 Å². The zero-order valence-corrected chi connectivity index (χ0v) is 19.9. The molecule has 2 aromatic rings. The van der Waals surface area contributed by atoms with E-state index in [0.29, 0.717) is 23.2 Å². The molecule has 1 aromatic carbocycles. The van der Waals surface area contributed by atoms with E-state index in [1.807, 2.05) is 39.0 Å². The Morgan fingerprint density at radius 1 is 1.22 bits per heavy atom. The summed E-state index contributed by atoms with van der Waals surface area (Å²) in [7, 11) is 0. The van der Waals surface area contributed by atoms with Crippen LogP contribution in [-0.4, -0.2) is 53.3 Å². The van der Waals surface area contributed by atoms with Gasteiger partial charge in [-0.25, -0.2) is 4.79 Å². The Bertz CT molecular complexity index is 1010. The number of carbonyl (C=O) groups is 2. The molecule has 1 aromatic heterocycles. The molecule has 1 saturated heterocycles. The fourth-order valence-corrected chi connectivity index (χ4v) is 5.15. The number of aromatic nitrogens is 1. The van der Waals surface area contributed by atoms with Gasteiger partial charge in [-0.3, -0.25) is 9.36 Å². The molecule has 0 bridgehead atoms. The number of rotatable bonds is 6. The average molecular weight is 442 g/mol. The highest BCUT2D eigenvalue weighted by molar-refractivity contribution is 6.04. The second-order valence-corrected chi connectivity index (χ2v) is 10.5. The Morgan fingerprint density at radius 2 is 1.94 bits per heavy atom. The summed E-state index contributed by atoms with van der Waals surface area (Å²) >= 11 is 0. The molecule has 2 aliphatic rings. The van der Waals surface area contributed by atoms with E-state index < -0.39 is 11.7 Å². The van der Waals surface area contributed by atoms with Gasteiger partial charge in [-0.2, -0.15) is 0 Å². The summed E-state index contributed by atoms with van der Waals surface area (Å²) in [6.07, 6.45) is 4.82. The van der Waals surface area contributed by atoms with Gasteiger partial charge in [-0.1, -0.05) is 6.92 Å². The molecule has 1 aliphatic heterocycles. The van der Waals surface area contributed by atoms with Gasteiger partial charge in [0.15, 0.2) is 0 Å². The summed E-state index contributed by atoms with van der Waals surface area (Å²) in [5.41, 5.74) is 1.22. The lowest BCUT2D eigenvalue weighted by Gasteiger charge is -2.59. The Labute approximate surface area is 190 Å². The highest BCUT2D eigenvalue weighted by atomic mass is 16.6. The molecule has 1 aliphatic carbocycles. The van der Waals surface area contributed by atoms with Crippen LogP contribution in [0.15, 0.2) is 24.4 Å². The van der Waals surface area contributed by atoms with Crippen LogP contribution in [-0.2, 0) is 9.53 Å². The number of nitrogens with zero attached hydrogens (tertiary/aromatic N) is 2. The summed E-state index contributed by atoms with van der Waals surface area (Å²) < 4.78 is 13.0. The molecular formula is C25H35N3O4. The predicted octanol–water partition coefficient (Wildman–Crippen LogP) is 4.88. The van der Waals surface area contributed by atoms with Crippen LogP contribution in [0, 0.1) is 11.3 Å². The molecule has 0 radical (unpaired) electrons. The van der Waals surface area contributed by atoms with Gasteiger partial charge in [-0.15, -0.1) is 0 Å². The van der Waals surface area contributed by atoms with Crippen molar-refractivity contribution in [1.29, 1.82) is 0 Å². The molecule has 2 heterocycles. The number of ether oxygens (including phenoxy) is 2. The minimum atomic E-state index is -0.612. The van der Waals surface area contributed by atoms with Gasteiger partial charge in [0, 0.05) is 31.6 Å². The van der Waals surface area contributed by atoms with Gasteiger partial charge in [0.05, 0.1) is 17.8 Å².